The largest absolute Gasteiger partial charge is 0.346 e. The van der Waals surface area contributed by atoms with Gasteiger partial charge in [0.05, 0.1) is 10.9 Å². The first-order valence-corrected chi connectivity index (χ1v) is 5.90. The van der Waals surface area contributed by atoms with E-state index in [1.165, 1.54) is 12.1 Å². The third-order valence-electron chi connectivity index (χ3n) is 2.73. The van der Waals surface area contributed by atoms with Crippen molar-refractivity contribution in [3.05, 3.63) is 35.1 Å². The van der Waals surface area contributed by atoms with Crippen LogP contribution in [0.15, 0.2) is 18.2 Å². The predicted octanol–water partition coefficient (Wildman–Crippen LogP) is 3.27. The van der Waals surface area contributed by atoms with E-state index < -0.39 is 11.4 Å². The lowest BCUT2D eigenvalue weighted by molar-refractivity contribution is 0.0912. The normalized spacial score (nSPS) is 13.3. The number of nitrogens with one attached hydrogen (secondary N) is 1. The minimum atomic E-state index is -0.543. The Morgan fingerprint density at radius 2 is 2.00 bits per heavy atom. The number of hydrogen-bond donors (Lipinski definition) is 1. The summed E-state index contributed by atoms with van der Waals surface area (Å²) < 4.78 is 13.2. The van der Waals surface area contributed by atoms with Crippen molar-refractivity contribution in [2.75, 3.05) is 0 Å². The number of hydrogen-bond acceptors (Lipinski definition) is 1. The number of aryl methyl sites for hydroxylation is 1. The van der Waals surface area contributed by atoms with Gasteiger partial charge in [0.25, 0.3) is 5.91 Å². The number of carbonyl (C=O) groups is 1. The lowest BCUT2D eigenvalue weighted by Crippen LogP contribution is -2.49. The number of alkyl halides is 1. The third kappa shape index (κ3) is 3.70. The molecule has 1 rings (SSSR count). The molecule has 0 saturated carbocycles. The summed E-state index contributed by atoms with van der Waals surface area (Å²) in [5, 5.41) is 2.57. The van der Waals surface area contributed by atoms with E-state index in [0.717, 1.165) is 0 Å². The van der Waals surface area contributed by atoms with Crippen LogP contribution in [0.5, 0.6) is 0 Å². The molecule has 1 aromatic carbocycles. The van der Waals surface area contributed by atoms with Crippen LogP contribution >= 0.6 is 11.6 Å². The fourth-order valence-electron chi connectivity index (χ4n) is 1.33. The summed E-state index contributed by atoms with van der Waals surface area (Å²) in [6, 6.07) is 4.25. The van der Waals surface area contributed by atoms with Gasteiger partial charge < -0.3 is 5.32 Å². The lowest BCUT2D eigenvalue weighted by Gasteiger charge is -2.29. The number of carbonyl (C=O) groups excluding carboxylic acids is 1. The standard InChI is InChI=1S/C13H17ClFNO/c1-8-5-10(7-11(15)6-8)12(17)16-13(3,4)9(2)14/h5-7,9H,1-4H3,(H,16,17). The summed E-state index contributed by atoms with van der Waals surface area (Å²) in [4.78, 5) is 11.9. The van der Waals surface area contributed by atoms with Crippen LogP contribution in [0.25, 0.3) is 0 Å². The van der Waals surface area contributed by atoms with Crippen molar-refractivity contribution in [2.24, 2.45) is 0 Å². The molecule has 17 heavy (non-hydrogen) atoms. The molecule has 94 valence electrons. The van der Waals surface area contributed by atoms with E-state index in [1.807, 2.05) is 13.8 Å². The Labute approximate surface area is 106 Å². The zero-order chi connectivity index (χ0) is 13.2. The van der Waals surface area contributed by atoms with Crippen molar-refractivity contribution in [3.8, 4) is 0 Å². The Hall–Kier alpha value is -1.09. The van der Waals surface area contributed by atoms with Gasteiger partial charge in [-0.3, -0.25) is 4.79 Å². The SMILES string of the molecule is Cc1cc(F)cc(C(=O)NC(C)(C)C(C)Cl)c1. The highest BCUT2D eigenvalue weighted by Crippen LogP contribution is 2.16. The highest BCUT2D eigenvalue weighted by molar-refractivity contribution is 6.21. The first kappa shape index (κ1) is 14.0. The number of amides is 1. The monoisotopic (exact) mass is 257 g/mol. The second-order valence-corrected chi connectivity index (χ2v) is 5.46. The quantitative estimate of drug-likeness (QED) is 0.828. The fraction of sp³-hybridized carbons (Fsp3) is 0.462. The Balaban J connectivity index is 2.91. The van der Waals surface area contributed by atoms with Gasteiger partial charge >= 0.3 is 0 Å². The summed E-state index contributed by atoms with van der Waals surface area (Å²) in [7, 11) is 0. The van der Waals surface area contributed by atoms with Gasteiger partial charge in [-0.05, 0) is 51.5 Å². The van der Waals surface area contributed by atoms with Crippen molar-refractivity contribution in [1.82, 2.24) is 5.32 Å². The van der Waals surface area contributed by atoms with Crippen molar-refractivity contribution >= 4 is 17.5 Å². The van der Waals surface area contributed by atoms with E-state index in [0.29, 0.717) is 11.1 Å². The van der Waals surface area contributed by atoms with Crippen LogP contribution in [0.3, 0.4) is 0 Å². The first-order chi connectivity index (χ1) is 7.72. The Bertz CT molecular complexity index is 409. The van der Waals surface area contributed by atoms with Gasteiger partial charge in [0.2, 0.25) is 0 Å². The van der Waals surface area contributed by atoms with Crippen molar-refractivity contribution < 1.29 is 9.18 Å². The van der Waals surface area contributed by atoms with Crippen LogP contribution in [0.2, 0.25) is 0 Å². The number of benzene rings is 1. The molecule has 0 aromatic heterocycles. The van der Waals surface area contributed by atoms with Crippen LogP contribution in [0.4, 0.5) is 4.39 Å². The summed E-state index contributed by atoms with van der Waals surface area (Å²) in [5.41, 5.74) is 0.485. The van der Waals surface area contributed by atoms with Crippen molar-refractivity contribution in [1.29, 1.82) is 0 Å². The minimum Gasteiger partial charge on any atom is -0.346 e. The molecule has 1 unspecified atom stereocenters. The molecule has 0 spiro atoms. The van der Waals surface area contributed by atoms with Gasteiger partial charge in [-0.1, -0.05) is 0 Å². The van der Waals surface area contributed by atoms with E-state index >= 15 is 0 Å². The topological polar surface area (TPSA) is 29.1 Å². The molecule has 0 aliphatic rings. The van der Waals surface area contributed by atoms with Crippen LogP contribution in [0, 0.1) is 12.7 Å². The second-order valence-electron chi connectivity index (χ2n) is 4.81. The molecule has 0 fully saturated rings. The Morgan fingerprint density at radius 3 is 2.47 bits per heavy atom. The zero-order valence-corrected chi connectivity index (χ0v) is 11.2. The second kappa shape index (κ2) is 5.05. The first-order valence-electron chi connectivity index (χ1n) is 5.46. The van der Waals surface area contributed by atoms with Crippen molar-refractivity contribution in [3.63, 3.8) is 0 Å². The molecule has 0 bridgehead atoms. The zero-order valence-electron chi connectivity index (χ0n) is 10.5. The van der Waals surface area contributed by atoms with Crippen LogP contribution in [-0.4, -0.2) is 16.8 Å². The maximum absolute atomic E-state index is 13.2. The molecular weight excluding hydrogens is 241 g/mol. The summed E-state index contributed by atoms with van der Waals surface area (Å²) in [6.07, 6.45) is 0. The lowest BCUT2D eigenvalue weighted by atomic mass is 10.0. The number of rotatable bonds is 3. The molecule has 0 saturated heterocycles. The molecule has 1 amide bonds. The van der Waals surface area contributed by atoms with Gasteiger partial charge in [-0.25, -0.2) is 4.39 Å². The highest BCUT2D eigenvalue weighted by Gasteiger charge is 2.26. The Morgan fingerprint density at radius 1 is 1.41 bits per heavy atom. The molecule has 4 heteroatoms. The highest BCUT2D eigenvalue weighted by atomic mass is 35.5. The summed E-state index contributed by atoms with van der Waals surface area (Å²) in [6.45, 7) is 7.21. The fourth-order valence-corrected chi connectivity index (χ4v) is 1.39. The summed E-state index contributed by atoms with van der Waals surface area (Å²) in [5.74, 6) is -0.725. The van der Waals surface area contributed by atoms with Gasteiger partial charge in [0, 0.05) is 5.56 Å². The predicted molar refractivity (Wildman–Crippen MR) is 68.0 cm³/mol. The van der Waals surface area contributed by atoms with Crippen molar-refractivity contribution in [2.45, 2.75) is 38.6 Å². The molecule has 1 aromatic rings. The average Bonchev–Trinajstić information content (AvgIpc) is 2.15. The maximum Gasteiger partial charge on any atom is 0.251 e. The molecule has 1 atom stereocenters. The van der Waals surface area contributed by atoms with E-state index in [2.05, 4.69) is 5.32 Å². The van der Waals surface area contributed by atoms with Crippen LogP contribution in [0.1, 0.15) is 36.7 Å². The van der Waals surface area contributed by atoms with Gasteiger partial charge in [0.1, 0.15) is 5.82 Å². The van der Waals surface area contributed by atoms with Gasteiger partial charge in [-0.15, -0.1) is 11.6 Å². The van der Waals surface area contributed by atoms with E-state index in [-0.39, 0.29) is 11.3 Å². The molecular formula is C13H17ClFNO. The molecule has 0 aliphatic heterocycles. The summed E-state index contributed by atoms with van der Waals surface area (Å²) >= 11 is 5.97. The molecule has 0 radical (unpaired) electrons. The van der Waals surface area contributed by atoms with E-state index in [4.69, 9.17) is 11.6 Å². The molecule has 0 heterocycles. The van der Waals surface area contributed by atoms with Crippen LogP contribution < -0.4 is 5.32 Å². The van der Waals surface area contributed by atoms with Crippen LogP contribution in [-0.2, 0) is 0 Å². The minimum absolute atomic E-state index is 0.221. The smallest absolute Gasteiger partial charge is 0.251 e. The average molecular weight is 258 g/mol. The Kier molecular flexibility index (Phi) is 4.15. The van der Waals surface area contributed by atoms with E-state index in [9.17, 15) is 9.18 Å². The molecule has 2 nitrogen and oxygen atoms in total. The maximum atomic E-state index is 13.2. The van der Waals surface area contributed by atoms with E-state index in [1.54, 1.807) is 19.9 Å². The van der Waals surface area contributed by atoms with Gasteiger partial charge in [0.15, 0.2) is 0 Å². The van der Waals surface area contributed by atoms with Gasteiger partial charge in [-0.2, -0.15) is 0 Å². The third-order valence-corrected chi connectivity index (χ3v) is 3.28. The number of halogens is 2. The molecule has 0 aliphatic carbocycles. The molecule has 1 N–H and O–H groups in total.